The lowest BCUT2D eigenvalue weighted by Gasteiger charge is -2.28. The summed E-state index contributed by atoms with van der Waals surface area (Å²) in [4.78, 5) is 17.4. The molecule has 2 saturated heterocycles. The molecule has 20 heavy (non-hydrogen) atoms. The lowest BCUT2D eigenvalue weighted by molar-refractivity contribution is -0.384. The van der Waals surface area contributed by atoms with E-state index >= 15 is 0 Å². The Hall–Kier alpha value is -2.21. The summed E-state index contributed by atoms with van der Waals surface area (Å²) in [5, 5.41) is 15.1. The Balaban J connectivity index is 1.72. The Morgan fingerprint density at radius 2 is 2.25 bits per heavy atom. The van der Waals surface area contributed by atoms with Gasteiger partial charge in [-0.05, 0) is 24.6 Å². The van der Waals surface area contributed by atoms with Gasteiger partial charge in [0.2, 0.25) is 0 Å². The molecular weight excluding hydrogens is 256 g/mol. The quantitative estimate of drug-likeness (QED) is 0.664. The molecule has 1 aromatic heterocycles. The van der Waals surface area contributed by atoms with Crippen LogP contribution in [-0.2, 0) is 0 Å². The lowest BCUT2D eigenvalue weighted by atomic mass is 10.2. The molecule has 6 nitrogen and oxygen atoms in total. The molecule has 2 aliphatic rings. The smallest absolute Gasteiger partial charge is 0.270 e. The summed E-state index contributed by atoms with van der Waals surface area (Å²) < 4.78 is 0. The van der Waals surface area contributed by atoms with Crippen molar-refractivity contribution >= 4 is 22.4 Å². The zero-order valence-electron chi connectivity index (χ0n) is 10.8. The van der Waals surface area contributed by atoms with Crippen LogP contribution in [0.25, 0.3) is 10.9 Å². The van der Waals surface area contributed by atoms with Gasteiger partial charge in [0.1, 0.15) is 5.82 Å². The molecule has 4 rings (SSSR count). The van der Waals surface area contributed by atoms with Crippen molar-refractivity contribution in [2.24, 2.45) is 0 Å². The molecule has 0 spiro atoms. The third-order valence-corrected chi connectivity index (χ3v) is 4.22. The van der Waals surface area contributed by atoms with Gasteiger partial charge in [-0.2, -0.15) is 0 Å². The van der Waals surface area contributed by atoms with Crippen LogP contribution in [0.3, 0.4) is 0 Å². The number of hydrogen-bond acceptors (Lipinski definition) is 5. The van der Waals surface area contributed by atoms with E-state index in [1.165, 1.54) is 12.5 Å². The first-order chi connectivity index (χ1) is 9.70. The summed E-state index contributed by atoms with van der Waals surface area (Å²) in [5.74, 6) is 0.973. The van der Waals surface area contributed by atoms with Crippen LogP contribution in [0.4, 0.5) is 11.5 Å². The maximum absolute atomic E-state index is 10.8. The van der Waals surface area contributed by atoms with Crippen molar-refractivity contribution in [3.63, 3.8) is 0 Å². The number of pyridine rings is 1. The van der Waals surface area contributed by atoms with E-state index in [9.17, 15) is 10.1 Å². The van der Waals surface area contributed by atoms with Crippen LogP contribution in [0, 0.1) is 10.1 Å². The van der Waals surface area contributed by atoms with Crippen LogP contribution in [0.1, 0.15) is 6.42 Å². The molecule has 0 saturated carbocycles. The van der Waals surface area contributed by atoms with Crippen molar-refractivity contribution < 1.29 is 4.92 Å². The van der Waals surface area contributed by atoms with Crippen LogP contribution in [-0.4, -0.2) is 35.1 Å². The molecule has 6 heteroatoms. The third-order valence-electron chi connectivity index (χ3n) is 4.22. The van der Waals surface area contributed by atoms with Crippen LogP contribution >= 0.6 is 0 Å². The summed E-state index contributed by atoms with van der Waals surface area (Å²) in [6.07, 6.45) is 1.18. The van der Waals surface area contributed by atoms with Gasteiger partial charge in [-0.15, -0.1) is 0 Å². The predicted octanol–water partition coefficient (Wildman–Crippen LogP) is 1.69. The second-order valence-electron chi connectivity index (χ2n) is 5.45. The Kier molecular flexibility index (Phi) is 2.40. The average Bonchev–Trinajstić information content (AvgIpc) is 3.08. The third kappa shape index (κ3) is 1.72. The first-order valence-electron chi connectivity index (χ1n) is 6.76. The summed E-state index contributed by atoms with van der Waals surface area (Å²) >= 11 is 0. The number of nitro groups is 1. The van der Waals surface area contributed by atoms with Crippen molar-refractivity contribution in [3.8, 4) is 0 Å². The Bertz CT molecular complexity index is 703. The molecule has 2 fully saturated rings. The minimum Gasteiger partial charge on any atom is -0.351 e. The fraction of sp³-hybridized carbons (Fsp3) is 0.357. The molecule has 2 atom stereocenters. The standard InChI is InChI=1S/C14H14N4O2/c19-18(20)11-2-3-13-9(5-11)1-4-14(16-13)17-8-10-6-12(17)7-15-10/h1-5,10,12,15H,6-8H2/t10-,12-/m0/s1. The van der Waals surface area contributed by atoms with Crippen molar-refractivity contribution in [2.45, 2.75) is 18.5 Å². The maximum Gasteiger partial charge on any atom is 0.270 e. The topological polar surface area (TPSA) is 71.3 Å². The van der Waals surface area contributed by atoms with Crippen LogP contribution in [0.2, 0.25) is 0 Å². The summed E-state index contributed by atoms with van der Waals surface area (Å²) in [7, 11) is 0. The second kappa shape index (κ2) is 4.14. The molecule has 1 aromatic carbocycles. The summed E-state index contributed by atoms with van der Waals surface area (Å²) in [6.45, 7) is 2.01. The number of nitrogens with one attached hydrogen (secondary N) is 1. The fourth-order valence-corrected chi connectivity index (χ4v) is 3.22. The summed E-state index contributed by atoms with van der Waals surface area (Å²) in [5.41, 5.74) is 0.917. The number of aromatic nitrogens is 1. The van der Waals surface area contributed by atoms with Gasteiger partial charge in [0, 0.05) is 42.7 Å². The SMILES string of the molecule is O=[N+]([O-])c1ccc2nc(N3C[C@@H]4C[C@H]3CN4)ccc2c1. The van der Waals surface area contributed by atoms with E-state index in [0.717, 1.165) is 29.8 Å². The lowest BCUT2D eigenvalue weighted by Crippen LogP contribution is -2.43. The summed E-state index contributed by atoms with van der Waals surface area (Å²) in [6, 6.07) is 9.80. The molecule has 2 bridgehead atoms. The van der Waals surface area contributed by atoms with Gasteiger partial charge in [-0.3, -0.25) is 10.1 Å². The zero-order valence-corrected chi connectivity index (χ0v) is 10.8. The van der Waals surface area contributed by atoms with E-state index < -0.39 is 0 Å². The Morgan fingerprint density at radius 3 is 2.95 bits per heavy atom. The normalized spacial score (nSPS) is 24.5. The first-order valence-corrected chi connectivity index (χ1v) is 6.76. The first kappa shape index (κ1) is 11.6. The van der Waals surface area contributed by atoms with Gasteiger partial charge in [-0.25, -0.2) is 4.98 Å². The van der Waals surface area contributed by atoms with Crippen LogP contribution in [0.5, 0.6) is 0 Å². The number of benzene rings is 1. The molecule has 102 valence electrons. The highest BCUT2D eigenvalue weighted by molar-refractivity contribution is 5.82. The molecule has 2 aliphatic heterocycles. The number of non-ortho nitro benzene ring substituents is 1. The van der Waals surface area contributed by atoms with Gasteiger partial charge in [0.15, 0.2) is 0 Å². The number of anilines is 1. The molecule has 0 amide bonds. The Morgan fingerprint density at radius 1 is 1.35 bits per heavy atom. The van der Waals surface area contributed by atoms with Gasteiger partial charge in [-0.1, -0.05) is 0 Å². The van der Waals surface area contributed by atoms with Gasteiger partial charge < -0.3 is 10.2 Å². The zero-order chi connectivity index (χ0) is 13.7. The van der Waals surface area contributed by atoms with Gasteiger partial charge in [0.05, 0.1) is 10.4 Å². The van der Waals surface area contributed by atoms with Crippen molar-refractivity contribution in [3.05, 3.63) is 40.4 Å². The molecule has 3 heterocycles. The van der Waals surface area contributed by atoms with Gasteiger partial charge >= 0.3 is 0 Å². The van der Waals surface area contributed by atoms with E-state index in [0.29, 0.717) is 12.1 Å². The number of hydrogen-bond donors (Lipinski definition) is 1. The minimum atomic E-state index is -0.377. The predicted molar refractivity (Wildman–Crippen MR) is 75.9 cm³/mol. The van der Waals surface area contributed by atoms with Crippen LogP contribution in [0.15, 0.2) is 30.3 Å². The average molecular weight is 270 g/mol. The van der Waals surface area contributed by atoms with E-state index in [1.807, 2.05) is 12.1 Å². The Labute approximate surface area is 115 Å². The largest absolute Gasteiger partial charge is 0.351 e. The molecule has 1 N–H and O–H groups in total. The van der Waals surface area contributed by atoms with Crippen molar-refractivity contribution in [1.29, 1.82) is 0 Å². The molecule has 0 unspecified atom stereocenters. The highest BCUT2D eigenvalue weighted by Crippen LogP contribution is 2.30. The number of rotatable bonds is 2. The second-order valence-corrected chi connectivity index (χ2v) is 5.45. The molecule has 2 aromatic rings. The highest BCUT2D eigenvalue weighted by atomic mass is 16.6. The van der Waals surface area contributed by atoms with E-state index in [4.69, 9.17) is 0 Å². The molecule has 0 aliphatic carbocycles. The van der Waals surface area contributed by atoms with Crippen molar-refractivity contribution in [1.82, 2.24) is 10.3 Å². The van der Waals surface area contributed by atoms with E-state index in [-0.39, 0.29) is 10.6 Å². The molecular formula is C14H14N4O2. The minimum absolute atomic E-state index is 0.108. The number of fused-ring (bicyclic) bond motifs is 3. The highest BCUT2D eigenvalue weighted by Gasteiger charge is 2.38. The number of nitrogens with zero attached hydrogens (tertiary/aromatic N) is 3. The van der Waals surface area contributed by atoms with Crippen LogP contribution < -0.4 is 10.2 Å². The van der Waals surface area contributed by atoms with E-state index in [2.05, 4.69) is 15.2 Å². The number of nitro benzene ring substituents is 1. The monoisotopic (exact) mass is 270 g/mol. The van der Waals surface area contributed by atoms with E-state index in [1.54, 1.807) is 12.1 Å². The maximum atomic E-state index is 10.8. The fourth-order valence-electron chi connectivity index (χ4n) is 3.22. The molecule has 0 radical (unpaired) electrons. The van der Waals surface area contributed by atoms with Gasteiger partial charge in [0.25, 0.3) is 5.69 Å². The number of piperazine rings is 1. The van der Waals surface area contributed by atoms with Crippen molar-refractivity contribution in [2.75, 3.05) is 18.0 Å².